The Balaban J connectivity index is 1.45. The van der Waals surface area contributed by atoms with Gasteiger partial charge in [0.2, 0.25) is 18.2 Å². The van der Waals surface area contributed by atoms with E-state index in [0.717, 1.165) is 32.1 Å². The minimum absolute atomic E-state index is 0.0000687. The van der Waals surface area contributed by atoms with E-state index in [-0.39, 0.29) is 29.3 Å². The summed E-state index contributed by atoms with van der Waals surface area (Å²) in [6.07, 6.45) is 3.70. The molecule has 0 aromatic rings. The van der Waals surface area contributed by atoms with Crippen molar-refractivity contribution in [2.24, 2.45) is 28.6 Å². The van der Waals surface area contributed by atoms with Crippen molar-refractivity contribution < 1.29 is 43.2 Å². The van der Waals surface area contributed by atoms with Gasteiger partial charge in [-0.2, -0.15) is 0 Å². The third kappa shape index (κ3) is 3.87. The Bertz CT molecular complexity index is 1050. The molecule has 0 radical (unpaired) electrons. The van der Waals surface area contributed by atoms with Crippen molar-refractivity contribution in [2.75, 3.05) is 0 Å². The van der Waals surface area contributed by atoms with Crippen LogP contribution in [0.2, 0.25) is 0 Å². The Morgan fingerprint density at radius 1 is 0.973 bits per heavy atom. The van der Waals surface area contributed by atoms with E-state index < -0.39 is 47.2 Å². The van der Waals surface area contributed by atoms with Crippen LogP contribution in [0.4, 0.5) is 0 Å². The second-order valence-electron chi connectivity index (χ2n) is 12.2. The smallest absolute Gasteiger partial charge is 0.305 e. The number of hydrogen-bond acceptors (Lipinski definition) is 9. The van der Waals surface area contributed by atoms with Crippen LogP contribution in [0.1, 0.15) is 79.6 Å². The molecule has 204 valence electrons. The number of ketones is 1. The molecule has 1 unspecified atom stereocenters. The molecule has 5 rings (SSSR count). The van der Waals surface area contributed by atoms with Crippen LogP contribution in [0.3, 0.4) is 0 Å². The van der Waals surface area contributed by atoms with E-state index in [0.29, 0.717) is 18.8 Å². The van der Waals surface area contributed by atoms with E-state index in [2.05, 4.69) is 13.0 Å². The fourth-order valence-electron chi connectivity index (χ4n) is 8.67. The largest absolute Gasteiger partial charge is 0.462 e. The topological polar surface area (TPSA) is 125 Å². The predicted octanol–water partition coefficient (Wildman–Crippen LogP) is 3.01. The van der Waals surface area contributed by atoms with Crippen molar-refractivity contribution in [3.05, 3.63) is 11.6 Å². The van der Waals surface area contributed by atoms with Crippen molar-refractivity contribution in [3.63, 3.8) is 0 Å². The Morgan fingerprint density at radius 2 is 1.65 bits per heavy atom. The molecule has 4 aliphatic carbocycles. The van der Waals surface area contributed by atoms with Gasteiger partial charge in [-0.05, 0) is 61.7 Å². The number of Topliss-reactive ketones (excluding diaryl/α,β-unsaturated/α-hetero) is 1. The zero-order valence-electron chi connectivity index (χ0n) is 22.3. The highest BCUT2D eigenvalue weighted by Gasteiger charge is 2.74. The molecule has 1 N–H and O–H groups in total. The van der Waals surface area contributed by atoms with Gasteiger partial charge in [-0.15, -0.1) is 0 Å². The van der Waals surface area contributed by atoms with Gasteiger partial charge in [-0.1, -0.05) is 25.5 Å². The van der Waals surface area contributed by atoms with Crippen LogP contribution >= 0.6 is 0 Å². The minimum Gasteiger partial charge on any atom is -0.462 e. The van der Waals surface area contributed by atoms with Gasteiger partial charge in [0.1, 0.15) is 6.10 Å². The van der Waals surface area contributed by atoms with Gasteiger partial charge >= 0.3 is 17.9 Å². The number of esters is 3. The average molecular weight is 519 g/mol. The maximum absolute atomic E-state index is 13.8. The number of hydrogen-bond donors (Lipinski definition) is 1. The maximum Gasteiger partial charge on any atom is 0.305 e. The molecule has 10 atom stereocenters. The Labute approximate surface area is 217 Å². The molecule has 0 amide bonds. The lowest BCUT2D eigenvalue weighted by Gasteiger charge is -2.59. The van der Waals surface area contributed by atoms with Crippen LogP contribution in [0.15, 0.2) is 11.6 Å². The van der Waals surface area contributed by atoms with Crippen LogP contribution in [-0.4, -0.2) is 59.0 Å². The van der Waals surface area contributed by atoms with Gasteiger partial charge in [-0.25, -0.2) is 0 Å². The highest BCUT2D eigenvalue weighted by molar-refractivity contribution is 5.95. The number of allylic oxidation sites excluding steroid dienone is 1. The third-order valence-electron chi connectivity index (χ3n) is 10.3. The number of carbonyl (C=O) groups excluding carboxylic acids is 4. The summed E-state index contributed by atoms with van der Waals surface area (Å²) in [5.74, 6) is -1.66. The molecule has 3 saturated carbocycles. The second-order valence-corrected chi connectivity index (χ2v) is 12.2. The van der Waals surface area contributed by atoms with Crippen molar-refractivity contribution >= 4 is 23.7 Å². The van der Waals surface area contributed by atoms with Crippen molar-refractivity contribution in [2.45, 2.75) is 110 Å². The summed E-state index contributed by atoms with van der Waals surface area (Å²) >= 11 is 0. The standard InChI is InChI=1S/C28H38O9/c1-14(29)34-18-8-10-26(4)17(12-18)6-7-19-20(26)9-11-27(5)21(19)13-22-28(27,33)24(32)23(35-15(2)30)25(37-22)36-16(3)31/h6,18-23,25,33H,7-13H2,1-5H3/t18-,19+,20-,21-,22?,23-,25+,26-,27-,28-/m0/s1. The highest BCUT2D eigenvalue weighted by Crippen LogP contribution is 2.68. The summed E-state index contributed by atoms with van der Waals surface area (Å²) < 4.78 is 22.1. The quantitative estimate of drug-likeness (QED) is 0.341. The van der Waals surface area contributed by atoms with Gasteiger partial charge in [0, 0.05) is 32.6 Å². The van der Waals surface area contributed by atoms with Crippen molar-refractivity contribution in [1.82, 2.24) is 0 Å². The molecule has 1 aliphatic heterocycles. The lowest BCUT2D eigenvalue weighted by Crippen LogP contribution is -2.68. The van der Waals surface area contributed by atoms with Gasteiger partial charge < -0.3 is 24.1 Å². The fourth-order valence-corrected chi connectivity index (χ4v) is 8.67. The second kappa shape index (κ2) is 8.90. The van der Waals surface area contributed by atoms with Gasteiger partial charge in [0.25, 0.3) is 0 Å². The van der Waals surface area contributed by atoms with E-state index in [1.807, 2.05) is 6.92 Å². The SMILES string of the molecule is CC(=O)O[C@H]1CC[C@@]2(C)C(=CC[C@@H]3[C@@H]2CC[C@@]2(C)[C@H]3CC3O[C@@H](OC(C)=O)[C@@H](OC(C)=O)C(=O)[C@@]32O)C1. The molecule has 0 aromatic heterocycles. The maximum atomic E-state index is 13.8. The van der Waals surface area contributed by atoms with Crippen molar-refractivity contribution in [3.8, 4) is 0 Å². The summed E-state index contributed by atoms with van der Waals surface area (Å²) in [6, 6.07) is 0. The van der Waals surface area contributed by atoms with E-state index in [1.54, 1.807) is 0 Å². The van der Waals surface area contributed by atoms with Crippen LogP contribution < -0.4 is 0 Å². The summed E-state index contributed by atoms with van der Waals surface area (Å²) in [7, 11) is 0. The molecular formula is C28H38O9. The molecule has 9 nitrogen and oxygen atoms in total. The van der Waals surface area contributed by atoms with E-state index in [4.69, 9.17) is 18.9 Å². The Morgan fingerprint density at radius 3 is 2.30 bits per heavy atom. The molecule has 0 aromatic carbocycles. The lowest BCUT2D eigenvalue weighted by atomic mass is 9.46. The molecule has 0 spiro atoms. The summed E-state index contributed by atoms with van der Waals surface area (Å²) in [5, 5.41) is 12.1. The molecular weight excluding hydrogens is 480 g/mol. The monoisotopic (exact) mass is 518 g/mol. The van der Waals surface area contributed by atoms with Crippen LogP contribution in [0.25, 0.3) is 0 Å². The van der Waals surface area contributed by atoms with Gasteiger partial charge in [0.15, 0.2) is 5.60 Å². The normalized spacial score (nSPS) is 46.4. The predicted molar refractivity (Wildman–Crippen MR) is 129 cm³/mol. The van der Waals surface area contributed by atoms with Crippen molar-refractivity contribution in [1.29, 1.82) is 0 Å². The van der Waals surface area contributed by atoms with E-state index in [1.165, 1.54) is 26.3 Å². The average Bonchev–Trinajstić information content (AvgIpc) is 3.04. The van der Waals surface area contributed by atoms with Gasteiger partial charge in [0.05, 0.1) is 6.10 Å². The first-order valence-corrected chi connectivity index (χ1v) is 13.4. The van der Waals surface area contributed by atoms with Gasteiger partial charge in [-0.3, -0.25) is 19.2 Å². The zero-order chi connectivity index (χ0) is 26.9. The molecule has 9 heteroatoms. The van der Waals surface area contributed by atoms with Crippen LogP contribution in [0, 0.1) is 28.6 Å². The summed E-state index contributed by atoms with van der Waals surface area (Å²) in [5.41, 5.74) is -1.30. The fraction of sp³-hybridized carbons (Fsp3) is 0.786. The number of ether oxygens (including phenoxy) is 4. The molecule has 5 aliphatic rings. The first-order valence-electron chi connectivity index (χ1n) is 13.4. The summed E-state index contributed by atoms with van der Waals surface area (Å²) in [4.78, 5) is 48.9. The number of aliphatic hydroxyl groups is 1. The van der Waals surface area contributed by atoms with E-state index >= 15 is 0 Å². The number of rotatable bonds is 3. The number of carbonyl (C=O) groups is 4. The number of fused-ring (bicyclic) bond motifs is 7. The zero-order valence-corrected chi connectivity index (χ0v) is 22.3. The molecule has 0 bridgehead atoms. The molecule has 4 fully saturated rings. The van der Waals surface area contributed by atoms with Crippen LogP contribution in [0.5, 0.6) is 0 Å². The Kier molecular flexibility index (Phi) is 6.34. The summed E-state index contributed by atoms with van der Waals surface area (Å²) in [6.45, 7) is 8.09. The first-order chi connectivity index (χ1) is 17.3. The third-order valence-corrected chi connectivity index (χ3v) is 10.3. The lowest BCUT2D eigenvalue weighted by molar-refractivity contribution is -0.273. The molecule has 1 heterocycles. The highest BCUT2D eigenvalue weighted by atomic mass is 16.7. The minimum atomic E-state index is -1.85. The van der Waals surface area contributed by atoms with E-state index in [9.17, 15) is 24.3 Å². The molecule has 37 heavy (non-hydrogen) atoms. The first kappa shape index (κ1) is 26.4. The Hall–Kier alpha value is -2.26. The van der Waals surface area contributed by atoms with Crippen LogP contribution in [-0.2, 0) is 38.1 Å². The molecule has 1 saturated heterocycles.